The van der Waals surface area contributed by atoms with Crippen molar-refractivity contribution in [1.29, 1.82) is 0 Å². The van der Waals surface area contributed by atoms with Crippen molar-refractivity contribution < 1.29 is 25.9 Å². The van der Waals surface area contributed by atoms with Crippen LogP contribution >= 0.6 is 0 Å². The molecule has 0 radical (unpaired) electrons. The van der Waals surface area contributed by atoms with E-state index >= 15 is 0 Å². The molecular formula is C8H11NO6S2. The van der Waals surface area contributed by atoms with Crippen LogP contribution in [0.25, 0.3) is 0 Å². The molecule has 0 saturated carbocycles. The monoisotopic (exact) mass is 281 g/mol. The van der Waals surface area contributed by atoms with E-state index in [1.54, 1.807) is 0 Å². The number of nitrogen functional groups attached to an aromatic ring is 1. The molecule has 0 aromatic heterocycles. The Morgan fingerprint density at radius 2 is 1.53 bits per heavy atom. The quantitative estimate of drug-likeness (QED) is 0.526. The normalized spacial score (nSPS) is 12.7. The highest BCUT2D eigenvalue weighted by Crippen LogP contribution is 2.30. The molecule has 96 valence electrons. The van der Waals surface area contributed by atoms with E-state index in [4.69, 9.17) is 14.8 Å². The Balaban J connectivity index is 3.84. The van der Waals surface area contributed by atoms with E-state index in [9.17, 15) is 16.8 Å². The summed E-state index contributed by atoms with van der Waals surface area (Å²) in [4.78, 5) is -1.04. The topological polar surface area (TPSA) is 135 Å². The molecule has 9 heteroatoms. The second kappa shape index (κ2) is 3.95. The van der Waals surface area contributed by atoms with Gasteiger partial charge in [-0.3, -0.25) is 9.11 Å². The first-order chi connectivity index (χ1) is 7.46. The number of hydrogen-bond acceptors (Lipinski definition) is 5. The van der Waals surface area contributed by atoms with Crippen LogP contribution in [0.2, 0.25) is 0 Å². The van der Waals surface area contributed by atoms with Crippen LogP contribution < -0.4 is 5.73 Å². The number of anilines is 1. The summed E-state index contributed by atoms with van der Waals surface area (Å²) >= 11 is 0. The van der Waals surface area contributed by atoms with Gasteiger partial charge in [0.1, 0.15) is 4.90 Å². The van der Waals surface area contributed by atoms with Gasteiger partial charge in [0, 0.05) is 0 Å². The lowest BCUT2D eigenvalue weighted by Crippen LogP contribution is -2.11. The SMILES string of the molecule is Cc1cc(S(=O)(=O)O)c(C)c(N)c1S(=O)(=O)O. The van der Waals surface area contributed by atoms with Crippen LogP contribution in [0.3, 0.4) is 0 Å². The van der Waals surface area contributed by atoms with Crippen molar-refractivity contribution in [3.05, 3.63) is 17.2 Å². The van der Waals surface area contributed by atoms with Gasteiger partial charge in [0.25, 0.3) is 20.2 Å². The molecule has 0 spiro atoms. The van der Waals surface area contributed by atoms with E-state index in [1.807, 2.05) is 0 Å². The highest BCUT2D eigenvalue weighted by Gasteiger charge is 2.24. The lowest BCUT2D eigenvalue weighted by atomic mass is 10.1. The molecular weight excluding hydrogens is 270 g/mol. The van der Waals surface area contributed by atoms with Crippen LogP contribution in [0.4, 0.5) is 5.69 Å². The van der Waals surface area contributed by atoms with Gasteiger partial charge in [0.2, 0.25) is 0 Å². The molecule has 0 atom stereocenters. The fourth-order valence-electron chi connectivity index (χ4n) is 1.50. The molecule has 0 saturated heterocycles. The Kier molecular flexibility index (Phi) is 3.23. The molecule has 0 heterocycles. The minimum atomic E-state index is -4.55. The Morgan fingerprint density at radius 3 is 1.88 bits per heavy atom. The summed E-state index contributed by atoms with van der Waals surface area (Å²) in [6.45, 7) is 2.49. The number of rotatable bonds is 2. The standard InChI is InChI=1S/C8H11NO6S2/c1-4-3-6(16(10,11)12)5(2)7(9)8(4)17(13,14)15/h3H,9H2,1-2H3,(H,10,11,12)(H,13,14,15). The summed E-state index contributed by atoms with van der Waals surface area (Å²) in [5.74, 6) is 0. The van der Waals surface area contributed by atoms with Gasteiger partial charge in [-0.2, -0.15) is 16.8 Å². The number of benzene rings is 1. The molecule has 17 heavy (non-hydrogen) atoms. The molecule has 1 aromatic carbocycles. The summed E-state index contributed by atoms with van der Waals surface area (Å²) in [7, 11) is -9.05. The van der Waals surface area contributed by atoms with Crippen molar-refractivity contribution in [2.45, 2.75) is 23.6 Å². The molecule has 4 N–H and O–H groups in total. The molecule has 1 rings (SSSR count). The molecule has 0 aliphatic rings. The Bertz CT molecular complexity index is 674. The third-order valence-electron chi connectivity index (χ3n) is 2.26. The molecule has 0 unspecified atom stereocenters. The van der Waals surface area contributed by atoms with Crippen LogP contribution in [-0.2, 0) is 20.2 Å². The second-order valence-corrected chi connectivity index (χ2v) is 6.26. The molecule has 7 nitrogen and oxygen atoms in total. The smallest absolute Gasteiger partial charge is 0.296 e. The Hall–Kier alpha value is -1.16. The van der Waals surface area contributed by atoms with Gasteiger partial charge >= 0.3 is 0 Å². The zero-order valence-corrected chi connectivity index (χ0v) is 10.6. The molecule has 1 aromatic rings. The highest BCUT2D eigenvalue weighted by molar-refractivity contribution is 7.86. The summed E-state index contributed by atoms with van der Waals surface area (Å²) < 4.78 is 62.0. The molecule has 0 bridgehead atoms. The van der Waals surface area contributed by atoms with E-state index in [2.05, 4.69) is 0 Å². The van der Waals surface area contributed by atoms with Gasteiger partial charge in [-0.15, -0.1) is 0 Å². The van der Waals surface area contributed by atoms with Crippen LogP contribution in [-0.4, -0.2) is 25.9 Å². The van der Waals surface area contributed by atoms with Crippen LogP contribution in [0.1, 0.15) is 11.1 Å². The summed E-state index contributed by atoms with van der Waals surface area (Å²) in [5.41, 5.74) is 4.85. The van der Waals surface area contributed by atoms with Gasteiger partial charge in [0.15, 0.2) is 0 Å². The number of hydrogen-bond donors (Lipinski definition) is 3. The van der Waals surface area contributed by atoms with Gasteiger partial charge in [-0.25, -0.2) is 0 Å². The van der Waals surface area contributed by atoms with Crippen LogP contribution in [0, 0.1) is 13.8 Å². The number of nitrogens with two attached hydrogens (primary N) is 1. The maximum absolute atomic E-state index is 11.1. The fourth-order valence-corrected chi connectivity index (χ4v) is 3.22. The van der Waals surface area contributed by atoms with Crippen LogP contribution in [0.15, 0.2) is 15.9 Å². The predicted molar refractivity (Wildman–Crippen MR) is 60.0 cm³/mol. The van der Waals surface area contributed by atoms with E-state index < -0.39 is 35.7 Å². The predicted octanol–water partition coefficient (Wildman–Crippen LogP) is 0.379. The first kappa shape index (κ1) is 13.9. The lowest BCUT2D eigenvalue weighted by molar-refractivity contribution is 0.477. The maximum Gasteiger partial charge on any atom is 0.296 e. The van der Waals surface area contributed by atoms with Crippen molar-refractivity contribution in [3.8, 4) is 0 Å². The first-order valence-electron chi connectivity index (χ1n) is 4.31. The minimum absolute atomic E-state index is 0.0665. The average Bonchev–Trinajstić information content (AvgIpc) is 2.07. The third kappa shape index (κ3) is 2.57. The number of aryl methyl sites for hydroxylation is 1. The van der Waals surface area contributed by atoms with E-state index in [0.29, 0.717) is 0 Å². The van der Waals surface area contributed by atoms with Crippen molar-refractivity contribution >= 4 is 25.9 Å². The molecule has 0 aliphatic carbocycles. The van der Waals surface area contributed by atoms with Gasteiger partial charge in [-0.05, 0) is 31.0 Å². The second-order valence-electron chi connectivity index (χ2n) is 3.51. The van der Waals surface area contributed by atoms with Gasteiger partial charge < -0.3 is 5.73 Å². The van der Waals surface area contributed by atoms with Gasteiger partial charge in [0.05, 0.1) is 10.6 Å². The zero-order chi connectivity index (χ0) is 13.6. The first-order valence-corrected chi connectivity index (χ1v) is 7.19. The summed E-state index contributed by atoms with van der Waals surface area (Å²) in [5, 5.41) is 0. The largest absolute Gasteiger partial charge is 0.397 e. The van der Waals surface area contributed by atoms with Crippen molar-refractivity contribution in [3.63, 3.8) is 0 Å². The zero-order valence-electron chi connectivity index (χ0n) is 9.00. The molecule has 0 fully saturated rings. The van der Waals surface area contributed by atoms with Gasteiger partial charge in [-0.1, -0.05) is 0 Å². The van der Waals surface area contributed by atoms with Crippen molar-refractivity contribution in [2.24, 2.45) is 0 Å². The van der Waals surface area contributed by atoms with Crippen molar-refractivity contribution in [1.82, 2.24) is 0 Å². The maximum atomic E-state index is 11.1. The third-order valence-corrected chi connectivity index (χ3v) is 4.30. The Labute approximate surface area is 98.8 Å². The minimum Gasteiger partial charge on any atom is -0.397 e. The highest BCUT2D eigenvalue weighted by atomic mass is 32.2. The van der Waals surface area contributed by atoms with E-state index in [-0.39, 0.29) is 11.1 Å². The molecule has 0 amide bonds. The fraction of sp³-hybridized carbons (Fsp3) is 0.250. The Morgan fingerprint density at radius 1 is 1.06 bits per heavy atom. The summed E-state index contributed by atoms with van der Waals surface area (Å²) in [6.07, 6.45) is 0. The van der Waals surface area contributed by atoms with Crippen LogP contribution in [0.5, 0.6) is 0 Å². The van der Waals surface area contributed by atoms with Crippen molar-refractivity contribution in [2.75, 3.05) is 5.73 Å². The summed E-state index contributed by atoms with van der Waals surface area (Å²) in [6, 6.07) is 0.935. The molecule has 0 aliphatic heterocycles. The lowest BCUT2D eigenvalue weighted by Gasteiger charge is -2.12. The van der Waals surface area contributed by atoms with E-state index in [1.165, 1.54) is 13.8 Å². The average molecular weight is 281 g/mol. The van der Waals surface area contributed by atoms with E-state index in [0.717, 1.165) is 6.07 Å².